The van der Waals surface area contributed by atoms with Crippen LogP contribution < -0.4 is 16.4 Å². The van der Waals surface area contributed by atoms with E-state index < -0.39 is 0 Å². The molecule has 1 fully saturated rings. The summed E-state index contributed by atoms with van der Waals surface area (Å²) in [6, 6.07) is 10.5. The van der Waals surface area contributed by atoms with Crippen molar-refractivity contribution in [2.24, 2.45) is 5.73 Å². The first-order valence-corrected chi connectivity index (χ1v) is 8.06. The summed E-state index contributed by atoms with van der Waals surface area (Å²) in [5, 5.41) is 6.82. The van der Waals surface area contributed by atoms with E-state index in [1.54, 1.807) is 6.33 Å². The molecule has 23 heavy (non-hydrogen) atoms. The molecule has 2 aromatic rings. The van der Waals surface area contributed by atoms with Crippen molar-refractivity contribution in [2.45, 2.75) is 25.4 Å². The van der Waals surface area contributed by atoms with E-state index in [9.17, 15) is 0 Å². The molecule has 3 rings (SSSR count). The third-order valence-electron chi connectivity index (χ3n) is 4.17. The second kappa shape index (κ2) is 7.39. The van der Waals surface area contributed by atoms with Gasteiger partial charge in [0.15, 0.2) is 0 Å². The Labute approximate surface area is 137 Å². The van der Waals surface area contributed by atoms with Gasteiger partial charge in [0.25, 0.3) is 0 Å². The third kappa shape index (κ3) is 4.40. The van der Waals surface area contributed by atoms with E-state index in [2.05, 4.69) is 32.5 Å². The molecule has 6 nitrogen and oxygen atoms in total. The van der Waals surface area contributed by atoms with Crippen molar-refractivity contribution in [3.63, 3.8) is 0 Å². The van der Waals surface area contributed by atoms with Gasteiger partial charge in [0.2, 0.25) is 0 Å². The highest BCUT2D eigenvalue weighted by molar-refractivity contribution is 5.59. The zero-order chi connectivity index (χ0) is 16.1. The number of benzene rings is 1. The van der Waals surface area contributed by atoms with E-state index >= 15 is 0 Å². The molecule has 6 heteroatoms. The van der Waals surface area contributed by atoms with Crippen molar-refractivity contribution in [1.82, 2.24) is 14.9 Å². The Hall–Kier alpha value is -2.18. The van der Waals surface area contributed by atoms with E-state index in [0.29, 0.717) is 12.6 Å². The van der Waals surface area contributed by atoms with Gasteiger partial charge in [-0.15, -0.1) is 0 Å². The van der Waals surface area contributed by atoms with Gasteiger partial charge in [0.05, 0.1) is 0 Å². The van der Waals surface area contributed by atoms with Crippen LogP contribution in [0, 0.1) is 0 Å². The van der Waals surface area contributed by atoms with Gasteiger partial charge < -0.3 is 21.3 Å². The molecule has 1 aliphatic heterocycles. The molecule has 122 valence electrons. The lowest BCUT2D eigenvalue weighted by atomic mass is 10.1. The molecule has 1 aromatic carbocycles. The lowest BCUT2D eigenvalue weighted by molar-refractivity contribution is 0.263. The largest absolute Gasteiger partial charge is 0.367 e. The Morgan fingerprint density at radius 1 is 1.17 bits per heavy atom. The van der Waals surface area contributed by atoms with E-state index in [-0.39, 0.29) is 0 Å². The van der Waals surface area contributed by atoms with E-state index in [1.165, 1.54) is 0 Å². The monoisotopic (exact) mass is 312 g/mol. The van der Waals surface area contributed by atoms with Crippen molar-refractivity contribution in [3.05, 3.63) is 42.2 Å². The molecule has 1 aromatic heterocycles. The van der Waals surface area contributed by atoms with Crippen LogP contribution in [0.15, 0.2) is 36.7 Å². The van der Waals surface area contributed by atoms with Gasteiger partial charge in [-0.2, -0.15) is 0 Å². The van der Waals surface area contributed by atoms with Crippen LogP contribution >= 0.6 is 0 Å². The predicted octanol–water partition coefficient (Wildman–Crippen LogP) is 2.19. The quantitative estimate of drug-likeness (QED) is 0.785. The number of piperidine rings is 1. The number of nitrogens with one attached hydrogen (secondary N) is 2. The Balaban J connectivity index is 1.65. The van der Waals surface area contributed by atoms with Crippen LogP contribution in [0.5, 0.6) is 0 Å². The van der Waals surface area contributed by atoms with Crippen molar-refractivity contribution in [1.29, 1.82) is 0 Å². The first kappa shape index (κ1) is 15.7. The normalized spacial score (nSPS) is 16.3. The number of hydrogen-bond donors (Lipinski definition) is 3. The number of anilines is 3. The summed E-state index contributed by atoms with van der Waals surface area (Å²) in [6.45, 7) is 2.78. The van der Waals surface area contributed by atoms with Crippen molar-refractivity contribution < 1.29 is 0 Å². The van der Waals surface area contributed by atoms with Crippen molar-refractivity contribution in [2.75, 3.05) is 30.8 Å². The van der Waals surface area contributed by atoms with Crippen molar-refractivity contribution in [3.8, 4) is 0 Å². The number of hydrogen-bond acceptors (Lipinski definition) is 6. The molecule has 0 atom stereocenters. The summed E-state index contributed by atoms with van der Waals surface area (Å²) >= 11 is 0. The van der Waals surface area contributed by atoms with Gasteiger partial charge in [0, 0.05) is 24.3 Å². The number of likely N-dealkylation sites (tertiary alicyclic amines) is 1. The molecular formula is C17H24N6. The fourth-order valence-electron chi connectivity index (χ4n) is 2.79. The highest BCUT2D eigenvalue weighted by Gasteiger charge is 2.16. The summed E-state index contributed by atoms with van der Waals surface area (Å²) in [7, 11) is 2.17. The molecule has 0 aliphatic carbocycles. The Bertz CT molecular complexity index is 636. The maximum absolute atomic E-state index is 5.68. The van der Waals surface area contributed by atoms with Gasteiger partial charge in [0.1, 0.15) is 18.0 Å². The number of nitrogens with zero attached hydrogens (tertiary/aromatic N) is 3. The second-order valence-corrected chi connectivity index (χ2v) is 6.04. The smallest absolute Gasteiger partial charge is 0.135 e. The average Bonchev–Trinajstić information content (AvgIpc) is 2.57. The minimum Gasteiger partial charge on any atom is -0.367 e. The minimum absolute atomic E-state index is 0.481. The fourth-order valence-corrected chi connectivity index (χ4v) is 2.79. The minimum atomic E-state index is 0.481. The van der Waals surface area contributed by atoms with Crippen LogP contribution in [0.2, 0.25) is 0 Å². The zero-order valence-corrected chi connectivity index (χ0v) is 13.5. The van der Waals surface area contributed by atoms with Gasteiger partial charge in [-0.25, -0.2) is 9.97 Å². The van der Waals surface area contributed by atoms with Crippen LogP contribution in [0.25, 0.3) is 0 Å². The molecule has 0 amide bonds. The summed E-state index contributed by atoms with van der Waals surface area (Å²) in [6.07, 6.45) is 3.87. The summed E-state index contributed by atoms with van der Waals surface area (Å²) in [4.78, 5) is 11.0. The van der Waals surface area contributed by atoms with Crippen LogP contribution in [-0.2, 0) is 6.54 Å². The average molecular weight is 312 g/mol. The van der Waals surface area contributed by atoms with Crippen LogP contribution in [0.1, 0.15) is 18.4 Å². The van der Waals surface area contributed by atoms with E-state index in [0.717, 1.165) is 48.8 Å². The number of rotatable bonds is 5. The lowest BCUT2D eigenvalue weighted by Gasteiger charge is -2.29. The van der Waals surface area contributed by atoms with Crippen molar-refractivity contribution >= 4 is 17.3 Å². The third-order valence-corrected chi connectivity index (χ3v) is 4.17. The molecule has 1 saturated heterocycles. The van der Waals surface area contributed by atoms with Gasteiger partial charge in [-0.05, 0) is 50.7 Å². The predicted molar refractivity (Wildman–Crippen MR) is 93.8 cm³/mol. The summed E-state index contributed by atoms with van der Waals surface area (Å²) in [5.41, 5.74) is 7.76. The Morgan fingerprint density at radius 2 is 1.96 bits per heavy atom. The lowest BCUT2D eigenvalue weighted by Crippen LogP contribution is -2.36. The molecule has 2 heterocycles. The molecule has 0 saturated carbocycles. The van der Waals surface area contributed by atoms with Gasteiger partial charge in [-0.1, -0.05) is 12.1 Å². The molecule has 0 unspecified atom stereocenters. The van der Waals surface area contributed by atoms with Crippen LogP contribution in [-0.4, -0.2) is 41.0 Å². The number of nitrogens with two attached hydrogens (primary N) is 1. The molecule has 1 aliphatic rings. The Morgan fingerprint density at radius 3 is 2.74 bits per heavy atom. The first-order valence-electron chi connectivity index (χ1n) is 8.06. The summed E-state index contributed by atoms with van der Waals surface area (Å²) in [5.74, 6) is 1.65. The standard InChI is InChI=1S/C17H24N6/c1-23-7-5-14(6-8-23)21-16-10-17(20-12-19-16)22-15-4-2-3-13(9-15)11-18/h2-4,9-10,12,14H,5-8,11,18H2,1H3,(H2,19,20,21,22). The topological polar surface area (TPSA) is 79.1 Å². The highest BCUT2D eigenvalue weighted by atomic mass is 15.1. The maximum Gasteiger partial charge on any atom is 0.135 e. The molecule has 4 N–H and O–H groups in total. The zero-order valence-electron chi connectivity index (χ0n) is 13.5. The van der Waals surface area contributed by atoms with Gasteiger partial charge >= 0.3 is 0 Å². The maximum atomic E-state index is 5.68. The number of aromatic nitrogens is 2. The van der Waals surface area contributed by atoms with E-state index in [1.807, 2.05) is 30.3 Å². The van der Waals surface area contributed by atoms with E-state index in [4.69, 9.17) is 5.73 Å². The molecule has 0 spiro atoms. The fraction of sp³-hybridized carbons (Fsp3) is 0.412. The molecular weight excluding hydrogens is 288 g/mol. The van der Waals surface area contributed by atoms with Crippen LogP contribution in [0.4, 0.5) is 17.3 Å². The first-order chi connectivity index (χ1) is 11.2. The molecule has 0 radical (unpaired) electrons. The summed E-state index contributed by atoms with van der Waals surface area (Å²) < 4.78 is 0. The molecule has 0 bridgehead atoms. The van der Waals surface area contributed by atoms with Gasteiger partial charge in [-0.3, -0.25) is 0 Å². The SMILES string of the molecule is CN1CCC(Nc2cc(Nc3cccc(CN)c3)ncn2)CC1. The Kier molecular flexibility index (Phi) is 5.05. The highest BCUT2D eigenvalue weighted by Crippen LogP contribution is 2.19. The van der Waals surface area contributed by atoms with Crippen LogP contribution in [0.3, 0.4) is 0 Å². The second-order valence-electron chi connectivity index (χ2n) is 6.04.